The van der Waals surface area contributed by atoms with E-state index in [1.807, 2.05) is 18.2 Å². The number of hydrogen-bond acceptors (Lipinski definition) is 4. The van der Waals surface area contributed by atoms with E-state index in [1.165, 1.54) is 5.57 Å². The number of hydrogen-bond donors (Lipinski definition) is 2. The van der Waals surface area contributed by atoms with Crippen LogP contribution in [0, 0.1) is 5.92 Å². The largest absolute Gasteiger partial charge is 0.508 e. The molecule has 2 rings (SSSR count). The Hall–Kier alpha value is -2.62. The van der Waals surface area contributed by atoms with Crippen molar-refractivity contribution in [2.24, 2.45) is 5.92 Å². The van der Waals surface area contributed by atoms with Gasteiger partial charge in [0.25, 0.3) is 0 Å². The van der Waals surface area contributed by atoms with E-state index in [0.29, 0.717) is 17.4 Å². The van der Waals surface area contributed by atoms with Gasteiger partial charge in [0, 0.05) is 11.6 Å². The molecule has 0 aliphatic heterocycles. The second-order valence-electron chi connectivity index (χ2n) is 5.93. The van der Waals surface area contributed by atoms with E-state index in [2.05, 4.69) is 19.9 Å². The zero-order valence-electron chi connectivity index (χ0n) is 14.5. The second-order valence-corrected chi connectivity index (χ2v) is 5.93. The van der Waals surface area contributed by atoms with Crippen LogP contribution in [0.3, 0.4) is 0 Å². The van der Waals surface area contributed by atoms with E-state index >= 15 is 0 Å². The summed E-state index contributed by atoms with van der Waals surface area (Å²) in [4.78, 5) is 0. The summed E-state index contributed by atoms with van der Waals surface area (Å²) < 4.78 is 10.5. The Balaban J connectivity index is 2.18. The number of aromatic hydroxyl groups is 2. The molecule has 0 unspecified atom stereocenters. The average molecular weight is 328 g/mol. The molecule has 0 radical (unpaired) electrons. The molecule has 0 aliphatic carbocycles. The van der Waals surface area contributed by atoms with Crippen LogP contribution < -0.4 is 9.47 Å². The molecule has 0 amide bonds. The van der Waals surface area contributed by atoms with Crippen molar-refractivity contribution in [3.05, 3.63) is 53.1 Å². The quantitative estimate of drug-likeness (QED) is 0.825. The number of methoxy groups -OCH3 is 2. The fourth-order valence-corrected chi connectivity index (χ4v) is 2.57. The molecule has 0 aromatic heterocycles. The van der Waals surface area contributed by atoms with Crippen LogP contribution in [0.2, 0.25) is 0 Å². The van der Waals surface area contributed by atoms with Gasteiger partial charge in [0.05, 0.1) is 14.2 Å². The molecule has 4 heteroatoms. The molecular formula is C20H24O4. The van der Waals surface area contributed by atoms with E-state index in [9.17, 15) is 10.2 Å². The van der Waals surface area contributed by atoms with Crippen molar-refractivity contribution >= 4 is 6.08 Å². The van der Waals surface area contributed by atoms with Gasteiger partial charge in [-0.05, 0) is 49.1 Å². The van der Waals surface area contributed by atoms with Crippen molar-refractivity contribution in [1.82, 2.24) is 0 Å². The third kappa shape index (κ3) is 4.22. The van der Waals surface area contributed by atoms with Crippen molar-refractivity contribution in [2.45, 2.75) is 20.3 Å². The smallest absolute Gasteiger partial charge is 0.160 e. The number of benzene rings is 2. The first-order valence-electron chi connectivity index (χ1n) is 7.85. The number of phenolic OH excluding ortho intramolecular Hbond substituents is 2. The highest BCUT2D eigenvalue weighted by Gasteiger charge is 2.10. The zero-order valence-corrected chi connectivity index (χ0v) is 14.5. The van der Waals surface area contributed by atoms with Gasteiger partial charge in [-0.3, -0.25) is 0 Å². The number of allylic oxidation sites excluding steroid dienone is 1. The van der Waals surface area contributed by atoms with Crippen molar-refractivity contribution in [3.8, 4) is 23.0 Å². The first-order chi connectivity index (χ1) is 11.4. The fraction of sp³-hybridized carbons (Fsp3) is 0.300. The summed E-state index contributed by atoms with van der Waals surface area (Å²) in [7, 11) is 3.14. The Morgan fingerprint density at radius 1 is 1.04 bits per heavy atom. The molecule has 0 aliphatic rings. The highest BCUT2D eigenvalue weighted by molar-refractivity contribution is 5.61. The predicted octanol–water partition coefficient (Wildman–Crippen LogP) is 4.40. The summed E-state index contributed by atoms with van der Waals surface area (Å²) in [5.41, 5.74) is 3.23. The molecule has 0 heterocycles. The number of ether oxygens (including phenoxy) is 2. The van der Waals surface area contributed by atoms with Crippen LogP contribution in [0.5, 0.6) is 23.0 Å². The van der Waals surface area contributed by atoms with Gasteiger partial charge < -0.3 is 19.7 Å². The van der Waals surface area contributed by atoms with E-state index in [1.54, 1.807) is 32.4 Å². The summed E-state index contributed by atoms with van der Waals surface area (Å²) in [6, 6.07) is 10.5. The van der Waals surface area contributed by atoms with Gasteiger partial charge in [-0.1, -0.05) is 24.6 Å². The fourth-order valence-electron chi connectivity index (χ4n) is 2.57. The summed E-state index contributed by atoms with van der Waals surface area (Å²) in [6.45, 7) is 4.23. The van der Waals surface area contributed by atoms with E-state index in [0.717, 1.165) is 17.5 Å². The highest BCUT2D eigenvalue weighted by atomic mass is 16.5. The van der Waals surface area contributed by atoms with E-state index in [4.69, 9.17) is 9.47 Å². The number of phenols is 2. The topological polar surface area (TPSA) is 58.9 Å². The summed E-state index contributed by atoms with van der Waals surface area (Å²) in [6.07, 6.45) is 2.90. The second kappa shape index (κ2) is 7.77. The molecule has 0 spiro atoms. The molecular weight excluding hydrogens is 304 g/mol. The lowest BCUT2D eigenvalue weighted by Gasteiger charge is -2.15. The van der Waals surface area contributed by atoms with Crippen LogP contribution in [-0.2, 0) is 6.42 Å². The van der Waals surface area contributed by atoms with Gasteiger partial charge in [-0.25, -0.2) is 0 Å². The Morgan fingerprint density at radius 2 is 1.75 bits per heavy atom. The maximum atomic E-state index is 9.68. The Bertz CT molecular complexity index is 734. The molecule has 1 atom stereocenters. The molecule has 0 bridgehead atoms. The lowest BCUT2D eigenvalue weighted by molar-refractivity contribution is 0.372. The molecule has 128 valence electrons. The lowest BCUT2D eigenvalue weighted by atomic mass is 9.93. The maximum absolute atomic E-state index is 9.68. The molecule has 2 N–H and O–H groups in total. The van der Waals surface area contributed by atoms with Crippen LogP contribution in [0.1, 0.15) is 25.0 Å². The van der Waals surface area contributed by atoms with Crippen LogP contribution in [0.25, 0.3) is 6.08 Å². The van der Waals surface area contributed by atoms with Crippen LogP contribution in [-0.4, -0.2) is 24.4 Å². The molecule has 0 saturated carbocycles. The molecule has 24 heavy (non-hydrogen) atoms. The van der Waals surface area contributed by atoms with E-state index < -0.39 is 0 Å². The van der Waals surface area contributed by atoms with Gasteiger partial charge >= 0.3 is 0 Å². The standard InChI is InChI=1S/C20H24O4/c1-13(9-15-5-8-18(22)20(11-15)24-4)14(2)10-16-6-7-17(21)12-19(16)23-3/h5-8,10-13,21-22H,9H2,1-4H3/b14-10+/t13-/m0/s1. The van der Waals surface area contributed by atoms with E-state index in [-0.39, 0.29) is 11.5 Å². The van der Waals surface area contributed by atoms with Crippen LogP contribution >= 0.6 is 0 Å². The molecule has 2 aromatic carbocycles. The Kier molecular flexibility index (Phi) is 5.74. The van der Waals surface area contributed by atoms with Crippen molar-refractivity contribution in [2.75, 3.05) is 14.2 Å². The Morgan fingerprint density at radius 3 is 2.42 bits per heavy atom. The van der Waals surface area contributed by atoms with Crippen LogP contribution in [0.15, 0.2) is 42.0 Å². The minimum absolute atomic E-state index is 0.148. The van der Waals surface area contributed by atoms with Gasteiger partial charge in [-0.2, -0.15) is 0 Å². The SMILES string of the molecule is COc1cc(C[C@H](C)/C(C)=C/c2ccc(O)cc2OC)ccc1O. The van der Waals surface area contributed by atoms with Crippen molar-refractivity contribution in [3.63, 3.8) is 0 Å². The van der Waals surface area contributed by atoms with Gasteiger partial charge in [-0.15, -0.1) is 0 Å². The first-order valence-corrected chi connectivity index (χ1v) is 7.85. The molecule has 4 nitrogen and oxygen atoms in total. The minimum atomic E-state index is 0.148. The van der Waals surface area contributed by atoms with Crippen molar-refractivity contribution < 1.29 is 19.7 Å². The monoisotopic (exact) mass is 328 g/mol. The van der Waals surface area contributed by atoms with Crippen molar-refractivity contribution in [1.29, 1.82) is 0 Å². The minimum Gasteiger partial charge on any atom is -0.508 e. The maximum Gasteiger partial charge on any atom is 0.160 e. The lowest BCUT2D eigenvalue weighted by Crippen LogP contribution is -2.02. The van der Waals surface area contributed by atoms with Crippen LogP contribution in [0.4, 0.5) is 0 Å². The molecule has 0 saturated heterocycles. The molecule has 2 aromatic rings. The van der Waals surface area contributed by atoms with Gasteiger partial charge in [0.1, 0.15) is 11.5 Å². The summed E-state index contributed by atoms with van der Waals surface area (Å²) in [5.74, 6) is 1.77. The normalized spacial score (nSPS) is 12.8. The average Bonchev–Trinajstić information content (AvgIpc) is 2.57. The highest BCUT2D eigenvalue weighted by Crippen LogP contribution is 2.30. The zero-order chi connectivity index (χ0) is 17.7. The Labute approximate surface area is 143 Å². The summed E-state index contributed by atoms with van der Waals surface area (Å²) >= 11 is 0. The third-order valence-corrected chi connectivity index (χ3v) is 4.16. The summed E-state index contributed by atoms with van der Waals surface area (Å²) in [5, 5.41) is 19.2. The third-order valence-electron chi connectivity index (χ3n) is 4.16. The van der Waals surface area contributed by atoms with Gasteiger partial charge in [0.2, 0.25) is 0 Å². The first kappa shape index (κ1) is 17.7. The number of rotatable bonds is 6. The molecule has 0 fully saturated rings. The predicted molar refractivity (Wildman–Crippen MR) is 95.8 cm³/mol. The van der Waals surface area contributed by atoms with Gasteiger partial charge in [0.15, 0.2) is 11.5 Å².